The number of morpholine rings is 1. The lowest BCUT2D eigenvalue weighted by Crippen LogP contribution is -2.46. The van der Waals surface area contributed by atoms with Crippen molar-refractivity contribution in [3.05, 3.63) is 86.8 Å². The van der Waals surface area contributed by atoms with Crippen molar-refractivity contribution in [3.8, 4) is 0 Å². The summed E-state index contributed by atoms with van der Waals surface area (Å²) in [6.45, 7) is 1.04. The third kappa shape index (κ3) is 7.23. The fraction of sp³-hybridized carbons (Fsp3) is 0.391. The van der Waals surface area contributed by atoms with Crippen LogP contribution in [0.2, 0.25) is 0 Å². The fourth-order valence-corrected chi connectivity index (χ4v) is 4.81. The average Bonchev–Trinajstić information content (AvgIpc) is 3.24. The van der Waals surface area contributed by atoms with Crippen LogP contribution in [0, 0.1) is 5.82 Å². The van der Waals surface area contributed by atoms with Crippen LogP contribution in [0.5, 0.6) is 0 Å². The molecule has 4 rings (SSSR count). The molecule has 0 unspecified atom stereocenters. The van der Waals surface area contributed by atoms with Crippen molar-refractivity contribution in [2.45, 2.75) is 44.3 Å². The van der Waals surface area contributed by atoms with Crippen molar-refractivity contribution in [3.63, 3.8) is 0 Å². The molecule has 1 aliphatic rings. The van der Waals surface area contributed by atoms with Gasteiger partial charge in [0.25, 0.3) is 0 Å². The molecule has 3 aromatic rings. The molecule has 1 aromatic heterocycles. The minimum Gasteiger partial charge on any atom is -0.349 e. The Hall–Kier alpha value is -3.08. The highest BCUT2D eigenvalue weighted by molar-refractivity contribution is 7.49. The van der Waals surface area contributed by atoms with E-state index in [2.05, 4.69) is 10.1 Å². The molecule has 18 heteroatoms. The summed E-state index contributed by atoms with van der Waals surface area (Å²) in [5.74, 6) is -0.775. The first-order valence-electron chi connectivity index (χ1n) is 11.7. The van der Waals surface area contributed by atoms with Gasteiger partial charge < -0.3 is 19.3 Å². The largest absolute Gasteiger partial charge is 0.454 e. The molecule has 0 amide bonds. The quantitative estimate of drug-likeness (QED) is 0.263. The van der Waals surface area contributed by atoms with E-state index >= 15 is 0 Å². The van der Waals surface area contributed by atoms with Crippen LogP contribution in [0.1, 0.15) is 47.1 Å². The molecule has 3 N–H and O–H groups in total. The van der Waals surface area contributed by atoms with Gasteiger partial charge in [-0.05, 0) is 48.4 Å². The van der Waals surface area contributed by atoms with Gasteiger partial charge in [0, 0.05) is 6.54 Å². The Bertz CT molecular complexity index is 1450. The molecular formula is C23H22F7N4O6P. The van der Waals surface area contributed by atoms with Crippen LogP contribution in [0.4, 0.5) is 30.7 Å². The second-order valence-electron chi connectivity index (χ2n) is 9.10. The van der Waals surface area contributed by atoms with Crippen molar-refractivity contribution >= 4 is 7.75 Å². The molecule has 10 nitrogen and oxygen atoms in total. The molecule has 2 aromatic carbocycles. The van der Waals surface area contributed by atoms with Crippen molar-refractivity contribution in [1.29, 1.82) is 0 Å². The minimum absolute atomic E-state index is 0.00603. The Morgan fingerprint density at radius 2 is 1.68 bits per heavy atom. The molecule has 2 heterocycles. The molecule has 0 saturated carbocycles. The number of halogens is 7. The molecule has 0 radical (unpaired) electrons. The normalized spacial score (nSPS) is 19.9. The molecular weight excluding hydrogens is 596 g/mol. The summed E-state index contributed by atoms with van der Waals surface area (Å²) in [6.07, 6.45) is -12.8. The number of nitrogens with zero attached hydrogens (tertiary/aromatic N) is 3. The molecule has 41 heavy (non-hydrogen) atoms. The smallest absolute Gasteiger partial charge is 0.349 e. The molecule has 3 atom stereocenters. The number of benzene rings is 2. The van der Waals surface area contributed by atoms with Gasteiger partial charge >= 0.3 is 25.8 Å². The van der Waals surface area contributed by atoms with Crippen LogP contribution in [-0.4, -0.2) is 48.7 Å². The number of nitrogens with one attached hydrogen (secondary N) is 1. The maximum Gasteiger partial charge on any atom is 0.454 e. The van der Waals surface area contributed by atoms with E-state index in [1.807, 2.05) is 0 Å². The molecule has 0 spiro atoms. The van der Waals surface area contributed by atoms with E-state index in [1.54, 1.807) is 4.90 Å². The van der Waals surface area contributed by atoms with Crippen molar-refractivity contribution in [1.82, 2.24) is 19.4 Å². The third-order valence-electron chi connectivity index (χ3n) is 6.19. The number of aromatic nitrogens is 3. The van der Waals surface area contributed by atoms with E-state index in [0.29, 0.717) is 17.7 Å². The van der Waals surface area contributed by atoms with Gasteiger partial charge in [0.15, 0.2) is 6.29 Å². The van der Waals surface area contributed by atoms with Crippen LogP contribution < -0.4 is 5.69 Å². The van der Waals surface area contributed by atoms with E-state index in [9.17, 15) is 49.9 Å². The molecule has 1 fully saturated rings. The van der Waals surface area contributed by atoms with Crippen LogP contribution in [0.3, 0.4) is 0 Å². The van der Waals surface area contributed by atoms with E-state index in [1.165, 1.54) is 19.1 Å². The highest BCUT2D eigenvalue weighted by Crippen LogP contribution is 2.40. The Morgan fingerprint density at radius 1 is 1.10 bits per heavy atom. The highest BCUT2D eigenvalue weighted by atomic mass is 31.2. The highest BCUT2D eigenvalue weighted by Gasteiger charge is 2.39. The predicted molar refractivity (Wildman–Crippen MR) is 126 cm³/mol. The van der Waals surface area contributed by atoms with Crippen LogP contribution >= 0.6 is 7.75 Å². The zero-order chi connectivity index (χ0) is 30.3. The van der Waals surface area contributed by atoms with Gasteiger partial charge in [0.05, 0.1) is 36.4 Å². The monoisotopic (exact) mass is 618 g/mol. The van der Waals surface area contributed by atoms with Gasteiger partial charge in [0.2, 0.25) is 0 Å². The maximum absolute atomic E-state index is 13.7. The SMILES string of the molecule is C[C@@H](O[C@H]1OCCN(Cc2[15n][15n](P(=O)(O)O)[13c](=O)[15nH]2)[C@H]1c1ccc(F)cc1)c1cc(C(F)(F)F)cc(C(F)(F)F)c1. The molecule has 1 saturated heterocycles. The summed E-state index contributed by atoms with van der Waals surface area (Å²) in [7, 11) is -5.07. The average molecular weight is 618 g/mol. The number of H-pyrrole nitrogens is 1. The summed E-state index contributed by atoms with van der Waals surface area (Å²) in [4.78, 5) is 34.3. The van der Waals surface area contributed by atoms with E-state index < -0.39 is 66.7 Å². The zero-order valence-electron chi connectivity index (χ0n) is 20.9. The van der Waals surface area contributed by atoms with Gasteiger partial charge in [-0.2, -0.15) is 26.3 Å². The second kappa shape index (κ2) is 11.3. The number of alkyl halides is 6. The maximum atomic E-state index is 13.7. The summed E-state index contributed by atoms with van der Waals surface area (Å²) in [5.41, 5.74) is -4.31. The fourth-order valence-electron chi connectivity index (χ4n) is 4.30. The Kier molecular flexibility index (Phi) is 8.51. The number of aromatic amines is 1. The van der Waals surface area contributed by atoms with E-state index in [-0.39, 0.29) is 36.0 Å². The molecule has 224 valence electrons. The second-order valence-corrected chi connectivity index (χ2v) is 10.5. The first-order valence-corrected chi connectivity index (χ1v) is 13.3. The summed E-state index contributed by atoms with van der Waals surface area (Å²) in [6, 6.07) is 5.01. The summed E-state index contributed by atoms with van der Waals surface area (Å²) in [5, 5.41) is 3.61. The number of rotatable bonds is 7. The Morgan fingerprint density at radius 3 is 2.20 bits per heavy atom. The Balaban J connectivity index is 1.68. The first-order chi connectivity index (χ1) is 18.9. The predicted octanol–water partition coefficient (Wildman–Crippen LogP) is 4.37. The summed E-state index contributed by atoms with van der Waals surface area (Å²) >= 11 is 0. The van der Waals surface area contributed by atoms with E-state index in [0.717, 1.165) is 12.1 Å². The first kappa shape index (κ1) is 30.9. The number of ether oxygens (including phenoxy) is 2. The van der Waals surface area contributed by atoms with Crippen LogP contribution in [0.25, 0.3) is 0 Å². The Labute approximate surface area is 226 Å². The van der Waals surface area contributed by atoms with Crippen LogP contribution in [-0.2, 0) is 32.9 Å². The molecule has 1 aliphatic heterocycles. The van der Waals surface area contributed by atoms with Gasteiger partial charge in [-0.25, -0.2) is 13.8 Å². The molecule has 0 aliphatic carbocycles. The lowest BCUT2D eigenvalue weighted by molar-refractivity contribution is -0.231. The standard InChI is InChI=1S/C23H22F7N4O6P/c1-12(14-8-15(22(25,26)27)10-16(9-14)23(28,29)30)40-20-19(13-2-4-17(24)5-3-13)33(6-7-39-20)11-18-31-21(35)34(32-18)41(36,37)38/h2-5,8-10,12,19-20H,6-7,11H2,1H3,(H,31,32,35)(H2,36,37,38)/t12-,19+,20-/m1/s1/i21+1,31+1,32+1,34+1. The van der Waals surface area contributed by atoms with Gasteiger partial charge in [-0.1, -0.05) is 12.1 Å². The minimum atomic E-state index is -5.07. The lowest BCUT2D eigenvalue weighted by Gasteiger charge is -2.41. The van der Waals surface area contributed by atoms with Crippen molar-refractivity contribution in [2.75, 3.05) is 13.2 Å². The number of hydrogen-bond donors (Lipinski definition) is 3. The zero-order valence-corrected chi connectivity index (χ0v) is 21.8. The van der Waals surface area contributed by atoms with E-state index in [4.69, 9.17) is 9.47 Å². The van der Waals surface area contributed by atoms with Crippen LogP contribution in [0.15, 0.2) is 47.3 Å². The summed E-state index contributed by atoms with van der Waals surface area (Å²) < 4.78 is 117. The van der Waals surface area contributed by atoms with Gasteiger partial charge in [-0.3, -0.25) is 9.88 Å². The lowest BCUT2D eigenvalue weighted by atomic mass is 10.0. The van der Waals surface area contributed by atoms with Gasteiger partial charge in [-0.15, -0.1) is 9.55 Å². The van der Waals surface area contributed by atoms with Crippen molar-refractivity contribution in [2.24, 2.45) is 0 Å². The van der Waals surface area contributed by atoms with Gasteiger partial charge in [0.1, 0.15) is 11.6 Å². The topological polar surface area (TPSA) is 130 Å². The third-order valence-corrected chi connectivity index (χ3v) is 6.95. The molecule has 0 bridgehead atoms. The number of hydrogen-bond acceptors (Lipinski definition) is 6. The van der Waals surface area contributed by atoms with Crippen molar-refractivity contribution < 1.29 is 54.6 Å².